The van der Waals surface area contributed by atoms with Gasteiger partial charge in [0.25, 0.3) is 5.91 Å². The fourth-order valence-corrected chi connectivity index (χ4v) is 2.02. The molecule has 1 amide bonds. The molecule has 6 heteroatoms. The average Bonchev–Trinajstić information content (AvgIpc) is 2.54. The number of benzene rings is 1. The predicted molar refractivity (Wildman–Crippen MR) is 90.3 cm³/mol. The summed E-state index contributed by atoms with van der Waals surface area (Å²) in [4.78, 5) is 18.4. The number of carbonyl (C=O) groups is 1. The molecule has 0 radical (unpaired) electrons. The van der Waals surface area contributed by atoms with Crippen LogP contribution in [0.4, 0.5) is 15.8 Å². The number of anilines is 2. The highest BCUT2D eigenvalue weighted by Crippen LogP contribution is 2.12. The van der Waals surface area contributed by atoms with Gasteiger partial charge in [0.2, 0.25) is 0 Å². The minimum Gasteiger partial charge on any atom is -0.385 e. The van der Waals surface area contributed by atoms with Gasteiger partial charge in [0.15, 0.2) is 0 Å². The van der Waals surface area contributed by atoms with Crippen LogP contribution in [0.2, 0.25) is 0 Å². The molecule has 0 aliphatic heterocycles. The van der Waals surface area contributed by atoms with E-state index in [0.29, 0.717) is 11.4 Å². The molecule has 0 aliphatic rings. The van der Waals surface area contributed by atoms with Crippen LogP contribution in [0.1, 0.15) is 16.9 Å². The zero-order chi connectivity index (χ0) is 16.7. The van der Waals surface area contributed by atoms with Crippen LogP contribution < -0.4 is 10.6 Å². The molecular weight excluding hydrogens is 295 g/mol. The summed E-state index contributed by atoms with van der Waals surface area (Å²) in [5.74, 6) is -0.668. The standard InChI is InChI=1S/C17H21FN4O/c1-22(2)11-3-9-19-15-8-10-20-16(12-15)17(23)21-14-6-4-13(18)5-7-14/h4-8,10,12H,3,9,11H2,1-2H3,(H,19,20)(H,21,23). The summed E-state index contributed by atoms with van der Waals surface area (Å²) in [7, 11) is 4.06. The van der Waals surface area contributed by atoms with E-state index in [1.807, 2.05) is 20.2 Å². The highest BCUT2D eigenvalue weighted by atomic mass is 19.1. The van der Waals surface area contributed by atoms with Crippen LogP contribution in [0.3, 0.4) is 0 Å². The number of hydrogen-bond acceptors (Lipinski definition) is 4. The van der Waals surface area contributed by atoms with E-state index in [1.54, 1.807) is 12.3 Å². The maximum absolute atomic E-state index is 12.9. The molecular formula is C17H21FN4O. The van der Waals surface area contributed by atoms with Crippen molar-refractivity contribution in [2.45, 2.75) is 6.42 Å². The Balaban J connectivity index is 1.92. The molecule has 0 spiro atoms. The van der Waals surface area contributed by atoms with Gasteiger partial charge < -0.3 is 15.5 Å². The van der Waals surface area contributed by atoms with Crippen LogP contribution in [0.5, 0.6) is 0 Å². The predicted octanol–water partition coefficient (Wildman–Crippen LogP) is 2.84. The first-order chi connectivity index (χ1) is 11.0. The zero-order valence-corrected chi connectivity index (χ0v) is 13.3. The summed E-state index contributed by atoms with van der Waals surface area (Å²) in [5, 5.41) is 5.96. The van der Waals surface area contributed by atoms with Gasteiger partial charge in [-0.3, -0.25) is 9.78 Å². The lowest BCUT2D eigenvalue weighted by molar-refractivity contribution is 0.102. The Labute approximate surface area is 135 Å². The Bertz CT molecular complexity index is 643. The molecule has 5 nitrogen and oxygen atoms in total. The lowest BCUT2D eigenvalue weighted by Crippen LogP contribution is -2.17. The smallest absolute Gasteiger partial charge is 0.274 e. The van der Waals surface area contributed by atoms with Crippen molar-refractivity contribution in [3.63, 3.8) is 0 Å². The minimum atomic E-state index is -0.343. The number of hydrogen-bond donors (Lipinski definition) is 2. The molecule has 0 aliphatic carbocycles. The van der Waals surface area contributed by atoms with Gasteiger partial charge >= 0.3 is 0 Å². The Hall–Kier alpha value is -2.47. The number of pyridine rings is 1. The second-order valence-corrected chi connectivity index (χ2v) is 5.47. The second-order valence-electron chi connectivity index (χ2n) is 5.47. The van der Waals surface area contributed by atoms with Gasteiger partial charge in [-0.15, -0.1) is 0 Å². The van der Waals surface area contributed by atoms with Crippen molar-refractivity contribution in [1.29, 1.82) is 0 Å². The fourth-order valence-electron chi connectivity index (χ4n) is 2.02. The summed E-state index contributed by atoms with van der Waals surface area (Å²) in [6.45, 7) is 1.82. The molecule has 0 unspecified atom stereocenters. The topological polar surface area (TPSA) is 57.3 Å². The highest BCUT2D eigenvalue weighted by molar-refractivity contribution is 6.03. The number of aromatic nitrogens is 1. The van der Waals surface area contributed by atoms with Gasteiger partial charge in [-0.25, -0.2) is 4.39 Å². The first-order valence-electron chi connectivity index (χ1n) is 7.46. The van der Waals surface area contributed by atoms with Crippen molar-refractivity contribution in [3.8, 4) is 0 Å². The Kier molecular flexibility index (Phi) is 6.05. The molecule has 0 saturated heterocycles. The van der Waals surface area contributed by atoms with E-state index in [1.165, 1.54) is 24.3 Å². The molecule has 1 aromatic carbocycles. The molecule has 23 heavy (non-hydrogen) atoms. The minimum absolute atomic E-state index is 0.312. The number of amides is 1. The third-order valence-electron chi connectivity index (χ3n) is 3.21. The maximum Gasteiger partial charge on any atom is 0.274 e. The van der Waals surface area contributed by atoms with Crippen LogP contribution in [-0.2, 0) is 0 Å². The van der Waals surface area contributed by atoms with E-state index in [-0.39, 0.29) is 11.7 Å². The summed E-state index contributed by atoms with van der Waals surface area (Å²) >= 11 is 0. The molecule has 0 atom stereocenters. The Morgan fingerprint density at radius 1 is 1.17 bits per heavy atom. The largest absolute Gasteiger partial charge is 0.385 e. The molecule has 0 fully saturated rings. The van der Waals surface area contributed by atoms with Crippen LogP contribution in [0.15, 0.2) is 42.6 Å². The van der Waals surface area contributed by atoms with Crippen molar-refractivity contribution in [3.05, 3.63) is 54.1 Å². The molecule has 2 N–H and O–H groups in total. The van der Waals surface area contributed by atoms with E-state index in [2.05, 4.69) is 20.5 Å². The first kappa shape index (κ1) is 16.9. The van der Waals surface area contributed by atoms with Gasteiger partial charge in [0, 0.05) is 24.1 Å². The normalized spacial score (nSPS) is 10.6. The van der Waals surface area contributed by atoms with Crippen LogP contribution in [-0.4, -0.2) is 43.0 Å². The van der Waals surface area contributed by atoms with Gasteiger partial charge in [0.1, 0.15) is 11.5 Å². The SMILES string of the molecule is CN(C)CCCNc1ccnc(C(=O)Nc2ccc(F)cc2)c1. The quantitative estimate of drug-likeness (QED) is 0.771. The number of halogens is 1. The van der Waals surface area contributed by atoms with Gasteiger partial charge in [-0.2, -0.15) is 0 Å². The molecule has 2 rings (SSSR count). The summed E-state index contributed by atoms with van der Waals surface area (Å²) in [6.07, 6.45) is 2.60. The molecule has 2 aromatic rings. The lowest BCUT2D eigenvalue weighted by atomic mass is 10.2. The van der Waals surface area contributed by atoms with E-state index < -0.39 is 0 Å². The lowest BCUT2D eigenvalue weighted by Gasteiger charge is -2.11. The van der Waals surface area contributed by atoms with Crippen LogP contribution >= 0.6 is 0 Å². The molecule has 0 saturated carbocycles. The van der Waals surface area contributed by atoms with E-state index in [4.69, 9.17) is 0 Å². The van der Waals surface area contributed by atoms with E-state index in [9.17, 15) is 9.18 Å². The molecule has 1 aromatic heterocycles. The van der Waals surface area contributed by atoms with Crippen molar-refractivity contribution in [2.75, 3.05) is 37.8 Å². The van der Waals surface area contributed by atoms with Gasteiger partial charge in [-0.1, -0.05) is 0 Å². The van der Waals surface area contributed by atoms with Crippen molar-refractivity contribution < 1.29 is 9.18 Å². The average molecular weight is 316 g/mol. The number of carbonyl (C=O) groups excluding carboxylic acids is 1. The Morgan fingerprint density at radius 3 is 2.61 bits per heavy atom. The Morgan fingerprint density at radius 2 is 1.91 bits per heavy atom. The molecule has 122 valence electrons. The zero-order valence-electron chi connectivity index (χ0n) is 13.3. The van der Waals surface area contributed by atoms with Crippen LogP contribution in [0.25, 0.3) is 0 Å². The fraction of sp³-hybridized carbons (Fsp3) is 0.294. The van der Waals surface area contributed by atoms with E-state index >= 15 is 0 Å². The number of nitrogens with one attached hydrogen (secondary N) is 2. The first-order valence-corrected chi connectivity index (χ1v) is 7.46. The van der Waals surface area contributed by atoms with E-state index in [0.717, 1.165) is 25.2 Å². The second kappa shape index (κ2) is 8.24. The number of nitrogens with zero attached hydrogens (tertiary/aromatic N) is 2. The van der Waals surface area contributed by atoms with Crippen molar-refractivity contribution >= 4 is 17.3 Å². The molecule has 0 bridgehead atoms. The summed E-state index contributed by atoms with van der Waals surface area (Å²) in [6, 6.07) is 9.14. The van der Waals surface area contributed by atoms with Crippen LogP contribution in [0, 0.1) is 5.82 Å². The third-order valence-corrected chi connectivity index (χ3v) is 3.21. The van der Waals surface area contributed by atoms with Gasteiger partial charge in [0.05, 0.1) is 0 Å². The van der Waals surface area contributed by atoms with Crippen molar-refractivity contribution in [2.24, 2.45) is 0 Å². The third kappa shape index (κ3) is 5.67. The summed E-state index contributed by atoms with van der Waals surface area (Å²) in [5.41, 5.74) is 1.69. The van der Waals surface area contributed by atoms with Gasteiger partial charge in [-0.05, 0) is 63.5 Å². The molecule has 1 heterocycles. The maximum atomic E-state index is 12.9. The number of rotatable bonds is 7. The summed E-state index contributed by atoms with van der Waals surface area (Å²) < 4.78 is 12.9. The highest BCUT2D eigenvalue weighted by Gasteiger charge is 2.08. The monoisotopic (exact) mass is 316 g/mol. The van der Waals surface area contributed by atoms with Crippen molar-refractivity contribution in [1.82, 2.24) is 9.88 Å².